The fraction of sp³-hybridized carbons (Fsp3) is 0.308. The van der Waals surface area contributed by atoms with Crippen molar-refractivity contribution in [2.24, 2.45) is 0 Å². The number of aryl methyl sites for hydroxylation is 1. The Morgan fingerprint density at radius 3 is 2.47 bits per heavy atom. The molecule has 3 N–H and O–H groups in total. The van der Waals surface area contributed by atoms with E-state index in [1.165, 1.54) is 0 Å². The Kier molecular flexibility index (Phi) is 7.18. The maximum atomic E-state index is 12.3. The van der Waals surface area contributed by atoms with Crippen LogP contribution in [0.4, 0.5) is 28.6 Å². The monoisotopic (exact) mass is 460 g/mol. The molecule has 1 fully saturated rings. The van der Waals surface area contributed by atoms with Crippen molar-refractivity contribution in [2.45, 2.75) is 6.92 Å². The lowest BCUT2D eigenvalue weighted by Crippen LogP contribution is -2.44. The number of likely N-dealkylation sites (N-methyl/N-ethyl adjacent to an activating group) is 1. The Morgan fingerprint density at radius 2 is 1.74 bits per heavy atom. The van der Waals surface area contributed by atoms with E-state index in [-0.39, 0.29) is 5.91 Å². The fourth-order valence-corrected chi connectivity index (χ4v) is 3.98. The van der Waals surface area contributed by atoms with E-state index in [1.807, 2.05) is 37.3 Å². The normalized spacial score (nSPS) is 13.9. The largest absolute Gasteiger partial charge is 0.494 e. The number of aromatic nitrogens is 1. The smallest absolute Gasteiger partial charge is 0.253 e. The second-order valence-corrected chi connectivity index (χ2v) is 8.43. The number of pyridine rings is 1. The number of anilines is 5. The standard InChI is InChI=1S/C26H32N6O2/c1-18-17-28-25(16-23(18)29-21-8-6-5-7-20(21)26(33)27-2)30-22-10-9-19(15-24(22)34-4)32-13-11-31(3)12-14-32/h5-10,15-17H,11-14H2,1-4H3,(H,27,33)(H2,28,29,30). The highest BCUT2D eigenvalue weighted by molar-refractivity contribution is 6.00. The first-order chi connectivity index (χ1) is 16.5. The molecule has 0 radical (unpaired) electrons. The second kappa shape index (κ2) is 10.4. The van der Waals surface area contributed by atoms with Crippen LogP contribution in [-0.4, -0.2) is 63.2 Å². The van der Waals surface area contributed by atoms with Crippen molar-refractivity contribution in [1.29, 1.82) is 0 Å². The minimum absolute atomic E-state index is 0.140. The zero-order valence-corrected chi connectivity index (χ0v) is 20.2. The van der Waals surface area contributed by atoms with Gasteiger partial charge in [-0.05, 0) is 43.8 Å². The number of nitrogens with one attached hydrogen (secondary N) is 3. The molecule has 2 aromatic carbocycles. The number of hydrogen-bond acceptors (Lipinski definition) is 7. The molecule has 1 amide bonds. The Bertz CT molecular complexity index is 1160. The molecular weight excluding hydrogens is 428 g/mol. The van der Waals surface area contributed by atoms with Gasteiger partial charge in [-0.2, -0.15) is 0 Å². The minimum atomic E-state index is -0.140. The van der Waals surface area contributed by atoms with E-state index in [4.69, 9.17) is 4.74 Å². The second-order valence-electron chi connectivity index (χ2n) is 8.43. The van der Waals surface area contributed by atoms with Gasteiger partial charge in [-0.1, -0.05) is 12.1 Å². The molecule has 178 valence electrons. The van der Waals surface area contributed by atoms with E-state index in [2.05, 4.69) is 49.9 Å². The van der Waals surface area contributed by atoms with Crippen LogP contribution < -0.4 is 25.6 Å². The van der Waals surface area contributed by atoms with Gasteiger partial charge in [0.2, 0.25) is 0 Å². The maximum absolute atomic E-state index is 12.3. The summed E-state index contributed by atoms with van der Waals surface area (Å²) >= 11 is 0. The number of piperazine rings is 1. The third kappa shape index (κ3) is 5.23. The summed E-state index contributed by atoms with van der Waals surface area (Å²) in [6.07, 6.45) is 1.80. The highest BCUT2D eigenvalue weighted by Crippen LogP contribution is 2.33. The Morgan fingerprint density at radius 1 is 0.971 bits per heavy atom. The molecule has 4 rings (SSSR count). The molecule has 0 saturated carbocycles. The van der Waals surface area contributed by atoms with E-state index in [0.29, 0.717) is 11.4 Å². The van der Waals surface area contributed by atoms with Gasteiger partial charge in [0.25, 0.3) is 5.91 Å². The average Bonchev–Trinajstić information content (AvgIpc) is 2.86. The number of carbonyl (C=O) groups excluding carboxylic acids is 1. The molecule has 2 heterocycles. The van der Waals surface area contributed by atoms with Gasteiger partial charge in [0.15, 0.2) is 0 Å². The van der Waals surface area contributed by atoms with Gasteiger partial charge < -0.3 is 30.5 Å². The summed E-state index contributed by atoms with van der Waals surface area (Å²) in [5, 5.41) is 9.45. The Labute approximate surface area is 200 Å². The van der Waals surface area contributed by atoms with E-state index >= 15 is 0 Å². The summed E-state index contributed by atoms with van der Waals surface area (Å²) in [5.74, 6) is 1.30. The average molecular weight is 461 g/mol. The predicted molar refractivity (Wildman–Crippen MR) is 138 cm³/mol. The van der Waals surface area contributed by atoms with Gasteiger partial charge in [0.1, 0.15) is 11.6 Å². The third-order valence-corrected chi connectivity index (χ3v) is 6.09. The molecule has 34 heavy (non-hydrogen) atoms. The van der Waals surface area contributed by atoms with Crippen LogP contribution in [0.5, 0.6) is 5.75 Å². The van der Waals surface area contributed by atoms with Crippen LogP contribution in [-0.2, 0) is 0 Å². The number of nitrogens with zero attached hydrogens (tertiary/aromatic N) is 3. The van der Waals surface area contributed by atoms with Crippen molar-refractivity contribution in [3.05, 3.63) is 65.9 Å². The van der Waals surface area contributed by atoms with Crippen LogP contribution in [0.25, 0.3) is 0 Å². The SMILES string of the molecule is CNC(=O)c1ccccc1Nc1cc(Nc2ccc(N3CCN(C)CC3)cc2OC)ncc1C. The lowest BCUT2D eigenvalue weighted by atomic mass is 10.1. The topological polar surface area (TPSA) is 81.8 Å². The van der Waals surface area contributed by atoms with E-state index in [9.17, 15) is 4.79 Å². The minimum Gasteiger partial charge on any atom is -0.494 e. The summed E-state index contributed by atoms with van der Waals surface area (Å²) in [6.45, 7) is 6.08. The van der Waals surface area contributed by atoms with E-state index in [0.717, 1.165) is 60.2 Å². The molecule has 1 aliphatic rings. The predicted octanol–water partition coefficient (Wildman–Crippen LogP) is 4.00. The van der Waals surface area contributed by atoms with Crippen molar-refractivity contribution in [3.8, 4) is 5.75 Å². The van der Waals surface area contributed by atoms with Crippen LogP contribution in [0.2, 0.25) is 0 Å². The molecule has 8 nitrogen and oxygen atoms in total. The quantitative estimate of drug-likeness (QED) is 0.492. The molecule has 0 spiro atoms. The van der Waals surface area contributed by atoms with Crippen LogP contribution in [0, 0.1) is 6.92 Å². The Balaban J connectivity index is 1.55. The molecule has 0 aliphatic carbocycles. The van der Waals surface area contributed by atoms with E-state index < -0.39 is 0 Å². The lowest BCUT2D eigenvalue weighted by Gasteiger charge is -2.34. The number of hydrogen-bond donors (Lipinski definition) is 3. The number of carbonyl (C=O) groups is 1. The summed E-state index contributed by atoms with van der Waals surface area (Å²) in [4.78, 5) is 21.5. The number of ether oxygens (including phenoxy) is 1. The first kappa shape index (κ1) is 23.4. The van der Waals surface area contributed by atoms with Gasteiger partial charge in [0, 0.05) is 62.9 Å². The molecule has 3 aromatic rings. The molecule has 1 saturated heterocycles. The number of benzene rings is 2. The van der Waals surface area contributed by atoms with Crippen LogP contribution in [0.3, 0.4) is 0 Å². The molecule has 0 unspecified atom stereocenters. The van der Waals surface area contributed by atoms with Crippen molar-refractivity contribution < 1.29 is 9.53 Å². The molecule has 1 aliphatic heterocycles. The highest BCUT2D eigenvalue weighted by Gasteiger charge is 2.16. The van der Waals surface area contributed by atoms with Crippen LogP contribution >= 0.6 is 0 Å². The molecular formula is C26H32N6O2. The summed E-state index contributed by atoms with van der Waals surface area (Å²) in [7, 11) is 5.46. The fourth-order valence-electron chi connectivity index (χ4n) is 3.98. The third-order valence-electron chi connectivity index (χ3n) is 6.09. The van der Waals surface area contributed by atoms with Crippen molar-refractivity contribution in [1.82, 2.24) is 15.2 Å². The zero-order valence-electron chi connectivity index (χ0n) is 20.2. The molecule has 8 heteroatoms. The maximum Gasteiger partial charge on any atom is 0.253 e. The van der Waals surface area contributed by atoms with E-state index in [1.54, 1.807) is 26.4 Å². The number of rotatable bonds is 7. The number of amides is 1. The summed E-state index contributed by atoms with van der Waals surface area (Å²) < 4.78 is 5.69. The van der Waals surface area contributed by atoms with Crippen LogP contribution in [0.15, 0.2) is 54.7 Å². The zero-order chi connectivity index (χ0) is 24.1. The Hall–Kier alpha value is -3.78. The summed E-state index contributed by atoms with van der Waals surface area (Å²) in [5.41, 5.74) is 5.14. The highest BCUT2D eigenvalue weighted by atomic mass is 16.5. The molecule has 0 bridgehead atoms. The number of methoxy groups -OCH3 is 1. The van der Waals surface area contributed by atoms with Gasteiger partial charge in [-0.25, -0.2) is 4.98 Å². The van der Waals surface area contributed by atoms with Gasteiger partial charge in [-0.15, -0.1) is 0 Å². The van der Waals surface area contributed by atoms with Crippen molar-refractivity contribution in [2.75, 3.05) is 62.9 Å². The first-order valence-electron chi connectivity index (χ1n) is 11.4. The van der Waals surface area contributed by atoms with Gasteiger partial charge >= 0.3 is 0 Å². The molecule has 0 atom stereocenters. The lowest BCUT2D eigenvalue weighted by molar-refractivity contribution is 0.0964. The summed E-state index contributed by atoms with van der Waals surface area (Å²) in [6, 6.07) is 15.6. The van der Waals surface area contributed by atoms with Gasteiger partial charge in [0.05, 0.1) is 24.0 Å². The van der Waals surface area contributed by atoms with Crippen LogP contribution in [0.1, 0.15) is 15.9 Å². The van der Waals surface area contributed by atoms with Crippen molar-refractivity contribution in [3.63, 3.8) is 0 Å². The van der Waals surface area contributed by atoms with Crippen molar-refractivity contribution >= 4 is 34.5 Å². The molecule has 1 aromatic heterocycles. The van der Waals surface area contributed by atoms with Gasteiger partial charge in [-0.3, -0.25) is 4.79 Å². The number of para-hydroxylation sites is 1. The first-order valence-corrected chi connectivity index (χ1v) is 11.4.